The summed E-state index contributed by atoms with van der Waals surface area (Å²) < 4.78 is 0. The lowest BCUT2D eigenvalue weighted by molar-refractivity contribution is -0.127. The Balaban J connectivity index is 1.44. The van der Waals surface area contributed by atoms with Crippen LogP contribution in [0.1, 0.15) is 39.5 Å². The monoisotopic (exact) mass is 370 g/mol. The first-order valence-corrected chi connectivity index (χ1v) is 10.2. The van der Waals surface area contributed by atoms with Gasteiger partial charge in [-0.25, -0.2) is 0 Å². The number of anilines is 2. The average Bonchev–Trinajstić information content (AvgIpc) is 3.18. The Morgan fingerprint density at radius 3 is 2.48 bits per heavy atom. The van der Waals surface area contributed by atoms with Crippen molar-refractivity contribution in [3.05, 3.63) is 24.3 Å². The molecule has 1 saturated heterocycles. The van der Waals surface area contributed by atoms with Crippen LogP contribution in [0.3, 0.4) is 0 Å². The van der Waals surface area contributed by atoms with Crippen molar-refractivity contribution in [2.24, 2.45) is 0 Å². The summed E-state index contributed by atoms with van der Waals surface area (Å²) in [6, 6.07) is 8.30. The number of fused-ring (bicyclic) bond motifs is 1. The number of nitrogens with one attached hydrogen (secondary N) is 1. The molecular weight excluding hydrogens is 340 g/mol. The quantitative estimate of drug-likeness (QED) is 0.887. The Bertz CT molecular complexity index is 719. The van der Waals surface area contributed by atoms with Gasteiger partial charge in [-0.15, -0.1) is 0 Å². The van der Waals surface area contributed by atoms with Gasteiger partial charge in [-0.05, 0) is 38.8 Å². The van der Waals surface area contributed by atoms with Crippen LogP contribution in [-0.4, -0.2) is 65.9 Å². The van der Waals surface area contributed by atoms with Crippen molar-refractivity contribution < 1.29 is 9.59 Å². The number of para-hydroxylation sites is 2. The van der Waals surface area contributed by atoms with Crippen molar-refractivity contribution >= 4 is 23.2 Å². The number of rotatable bonds is 3. The van der Waals surface area contributed by atoms with E-state index in [4.69, 9.17) is 0 Å². The molecule has 1 aliphatic carbocycles. The van der Waals surface area contributed by atoms with Crippen LogP contribution in [0.15, 0.2) is 24.3 Å². The average molecular weight is 370 g/mol. The van der Waals surface area contributed by atoms with E-state index < -0.39 is 5.54 Å². The molecule has 4 rings (SSSR count). The first-order chi connectivity index (χ1) is 13.0. The number of amides is 2. The van der Waals surface area contributed by atoms with E-state index in [2.05, 4.69) is 15.1 Å². The molecule has 0 bridgehead atoms. The van der Waals surface area contributed by atoms with Gasteiger partial charge in [-0.2, -0.15) is 0 Å². The molecule has 2 aliphatic heterocycles. The van der Waals surface area contributed by atoms with Gasteiger partial charge in [-0.3, -0.25) is 24.3 Å². The third-order valence-electron chi connectivity index (χ3n) is 6.36. The Morgan fingerprint density at radius 2 is 1.78 bits per heavy atom. The zero-order valence-electron chi connectivity index (χ0n) is 16.4. The normalized spacial score (nSPS) is 23.9. The van der Waals surface area contributed by atoms with Gasteiger partial charge in [0.1, 0.15) is 5.54 Å². The second-order valence-electron chi connectivity index (χ2n) is 8.51. The van der Waals surface area contributed by atoms with Crippen LogP contribution in [0.2, 0.25) is 0 Å². The molecule has 146 valence electrons. The number of benzene rings is 1. The van der Waals surface area contributed by atoms with Gasteiger partial charge in [0.2, 0.25) is 11.8 Å². The van der Waals surface area contributed by atoms with E-state index in [0.29, 0.717) is 12.2 Å². The molecule has 1 saturated carbocycles. The zero-order chi connectivity index (χ0) is 19.0. The van der Waals surface area contributed by atoms with Crippen LogP contribution in [0.25, 0.3) is 0 Å². The Hall–Kier alpha value is -1.92. The highest BCUT2D eigenvalue weighted by molar-refractivity contribution is 6.14. The lowest BCUT2D eigenvalue weighted by Crippen LogP contribution is -2.61. The van der Waals surface area contributed by atoms with Crippen LogP contribution in [0.4, 0.5) is 11.4 Å². The molecule has 3 aliphatic rings. The fourth-order valence-corrected chi connectivity index (χ4v) is 4.72. The van der Waals surface area contributed by atoms with E-state index >= 15 is 0 Å². The topological polar surface area (TPSA) is 55.9 Å². The molecule has 6 nitrogen and oxygen atoms in total. The van der Waals surface area contributed by atoms with Crippen molar-refractivity contribution in [3.63, 3.8) is 0 Å². The summed E-state index contributed by atoms with van der Waals surface area (Å²) in [7, 11) is 0. The number of hydrogen-bond acceptors (Lipinski definition) is 4. The highest BCUT2D eigenvalue weighted by atomic mass is 16.2. The third-order valence-corrected chi connectivity index (χ3v) is 6.36. The number of nitrogens with zero attached hydrogens (tertiary/aromatic N) is 3. The van der Waals surface area contributed by atoms with Gasteiger partial charge in [0.15, 0.2) is 0 Å². The summed E-state index contributed by atoms with van der Waals surface area (Å²) in [5, 5.41) is 2.92. The van der Waals surface area contributed by atoms with Crippen molar-refractivity contribution in [1.29, 1.82) is 0 Å². The number of carbonyl (C=O) groups is 2. The predicted molar refractivity (Wildman–Crippen MR) is 107 cm³/mol. The zero-order valence-corrected chi connectivity index (χ0v) is 16.4. The Kier molecular flexibility index (Phi) is 4.95. The molecule has 0 spiro atoms. The molecule has 2 heterocycles. The summed E-state index contributed by atoms with van der Waals surface area (Å²) >= 11 is 0. The molecule has 1 aromatic rings. The molecule has 0 atom stereocenters. The Morgan fingerprint density at radius 1 is 1.11 bits per heavy atom. The molecule has 2 amide bonds. The van der Waals surface area contributed by atoms with Gasteiger partial charge in [-0.1, -0.05) is 25.0 Å². The van der Waals surface area contributed by atoms with Crippen molar-refractivity contribution in [2.75, 3.05) is 42.9 Å². The fraction of sp³-hybridized carbons (Fsp3) is 0.619. The highest BCUT2D eigenvalue weighted by Gasteiger charge is 2.43. The SMILES string of the molecule is CC1(C)C(=O)Nc2ccccc2N1C(=O)CN1CCN(C2CCCC2)CC1. The van der Waals surface area contributed by atoms with Crippen molar-refractivity contribution in [3.8, 4) is 0 Å². The van der Waals surface area contributed by atoms with Gasteiger partial charge >= 0.3 is 0 Å². The van der Waals surface area contributed by atoms with Crippen LogP contribution in [0, 0.1) is 0 Å². The predicted octanol–water partition coefficient (Wildman–Crippen LogP) is 2.31. The van der Waals surface area contributed by atoms with E-state index in [-0.39, 0.29) is 11.8 Å². The lowest BCUT2D eigenvalue weighted by atomic mass is 9.96. The number of hydrogen-bond donors (Lipinski definition) is 1. The molecule has 1 aromatic carbocycles. The highest BCUT2D eigenvalue weighted by Crippen LogP contribution is 2.36. The van der Waals surface area contributed by atoms with E-state index in [1.807, 2.05) is 38.1 Å². The summed E-state index contributed by atoms with van der Waals surface area (Å²) in [6.45, 7) is 7.91. The maximum absolute atomic E-state index is 13.2. The molecule has 6 heteroatoms. The van der Waals surface area contributed by atoms with E-state index in [1.165, 1.54) is 25.7 Å². The van der Waals surface area contributed by atoms with Gasteiger partial charge in [0.05, 0.1) is 17.9 Å². The minimum atomic E-state index is -0.892. The summed E-state index contributed by atoms with van der Waals surface area (Å²) in [6.07, 6.45) is 5.36. The first kappa shape index (κ1) is 18.4. The summed E-state index contributed by atoms with van der Waals surface area (Å²) in [5.41, 5.74) is 0.606. The minimum absolute atomic E-state index is 0.00313. The number of piperazine rings is 1. The summed E-state index contributed by atoms with van der Waals surface area (Å²) in [5.74, 6) is -0.141. The van der Waals surface area contributed by atoms with Crippen molar-refractivity contribution in [2.45, 2.75) is 51.1 Å². The second-order valence-corrected chi connectivity index (χ2v) is 8.51. The molecule has 0 unspecified atom stereocenters. The lowest BCUT2D eigenvalue weighted by Gasteiger charge is -2.43. The van der Waals surface area contributed by atoms with E-state index in [1.54, 1.807) is 4.90 Å². The van der Waals surface area contributed by atoms with Gasteiger partial charge < -0.3 is 5.32 Å². The molecule has 1 N–H and O–H groups in total. The van der Waals surface area contributed by atoms with Crippen LogP contribution >= 0.6 is 0 Å². The number of carbonyl (C=O) groups excluding carboxylic acids is 2. The molecule has 2 fully saturated rings. The largest absolute Gasteiger partial charge is 0.322 e. The third kappa shape index (κ3) is 3.48. The van der Waals surface area contributed by atoms with E-state index in [9.17, 15) is 9.59 Å². The van der Waals surface area contributed by atoms with Gasteiger partial charge in [0.25, 0.3) is 0 Å². The smallest absolute Gasteiger partial charge is 0.250 e. The summed E-state index contributed by atoms with van der Waals surface area (Å²) in [4.78, 5) is 32.3. The molecule has 0 radical (unpaired) electrons. The van der Waals surface area contributed by atoms with E-state index in [0.717, 1.165) is 37.9 Å². The maximum Gasteiger partial charge on any atom is 0.250 e. The molecule has 0 aromatic heterocycles. The van der Waals surface area contributed by atoms with Crippen LogP contribution in [0.5, 0.6) is 0 Å². The van der Waals surface area contributed by atoms with Crippen LogP contribution in [-0.2, 0) is 9.59 Å². The second kappa shape index (κ2) is 7.24. The molecular formula is C21H30N4O2. The Labute approximate surface area is 161 Å². The minimum Gasteiger partial charge on any atom is -0.322 e. The fourth-order valence-electron chi connectivity index (χ4n) is 4.72. The van der Waals surface area contributed by atoms with Crippen molar-refractivity contribution in [1.82, 2.24) is 9.80 Å². The molecule has 27 heavy (non-hydrogen) atoms. The van der Waals surface area contributed by atoms with Crippen LogP contribution < -0.4 is 10.2 Å². The standard InChI is InChI=1S/C21H30N4O2/c1-21(2)20(27)22-17-9-5-6-10-18(17)25(21)19(26)15-23-11-13-24(14-12-23)16-7-3-4-8-16/h5-6,9-10,16H,3-4,7-8,11-15H2,1-2H3,(H,22,27). The first-order valence-electron chi connectivity index (χ1n) is 10.2. The maximum atomic E-state index is 13.2. The van der Waals surface area contributed by atoms with Gasteiger partial charge in [0, 0.05) is 32.2 Å².